The highest BCUT2D eigenvalue weighted by Gasteiger charge is 2.27. The minimum atomic E-state index is -0.482. The van der Waals surface area contributed by atoms with Crippen LogP contribution in [0.5, 0.6) is 0 Å². The molecule has 1 aliphatic rings. The number of primary amides is 1. The van der Waals surface area contributed by atoms with Gasteiger partial charge < -0.3 is 11.1 Å². The van der Waals surface area contributed by atoms with E-state index in [1.807, 2.05) is 42.5 Å². The number of benzene rings is 2. The molecule has 0 saturated heterocycles. The van der Waals surface area contributed by atoms with Crippen LogP contribution in [0.15, 0.2) is 59.5 Å². The summed E-state index contributed by atoms with van der Waals surface area (Å²) < 4.78 is 0. The molecule has 0 bridgehead atoms. The molecule has 5 nitrogen and oxygen atoms in total. The number of amides is 2. The summed E-state index contributed by atoms with van der Waals surface area (Å²) in [5.41, 5.74) is 8.41. The first-order valence-electron chi connectivity index (χ1n) is 10.4. The molecule has 0 spiro atoms. The average molecular weight is 486 g/mol. The predicted molar refractivity (Wildman–Crippen MR) is 133 cm³/mol. The van der Waals surface area contributed by atoms with Gasteiger partial charge in [-0.05, 0) is 41.8 Å². The Morgan fingerprint density at radius 2 is 1.88 bits per heavy atom. The minimum absolute atomic E-state index is 0.117. The van der Waals surface area contributed by atoms with E-state index in [0.717, 1.165) is 41.4 Å². The van der Waals surface area contributed by atoms with Crippen molar-refractivity contribution in [3.8, 4) is 0 Å². The smallest absolute Gasteiger partial charge is 0.251 e. The molecule has 0 fully saturated rings. The Hall–Kier alpha value is -2.32. The van der Waals surface area contributed by atoms with E-state index in [-0.39, 0.29) is 5.91 Å². The maximum Gasteiger partial charge on any atom is 0.251 e. The molecule has 0 aliphatic carbocycles. The van der Waals surface area contributed by atoms with Crippen molar-refractivity contribution in [1.29, 1.82) is 0 Å². The number of hydrogen-bond acceptors (Lipinski definition) is 5. The molecular weight excluding hydrogens is 462 g/mol. The van der Waals surface area contributed by atoms with Crippen molar-refractivity contribution in [2.24, 2.45) is 5.73 Å². The molecule has 8 heteroatoms. The van der Waals surface area contributed by atoms with Gasteiger partial charge in [0.25, 0.3) is 5.91 Å². The molecule has 1 aromatic heterocycles. The Balaban J connectivity index is 1.39. The number of rotatable bonds is 8. The largest absolute Gasteiger partial charge is 0.365 e. The Kier molecular flexibility index (Phi) is 7.52. The summed E-state index contributed by atoms with van der Waals surface area (Å²) in [6, 6.07) is 17.9. The number of thiophene rings is 1. The fourth-order valence-corrected chi connectivity index (χ4v) is 6.05. The maximum absolute atomic E-state index is 12.5. The van der Waals surface area contributed by atoms with Gasteiger partial charge in [0.1, 0.15) is 5.00 Å². The standard InChI is InChI=1S/C24H24ClN3O2S2/c25-17-6-8-18(9-7-17)31-13-11-21(29)27-24-22(23(26)30)19-10-12-28(15-20(19)32-24)14-16-4-2-1-3-5-16/h1-9H,10-15H2,(H2,26,30)(H,27,29). The van der Waals surface area contributed by atoms with Crippen LogP contribution in [0.1, 0.15) is 32.8 Å². The molecule has 0 atom stereocenters. The van der Waals surface area contributed by atoms with E-state index in [0.29, 0.717) is 27.8 Å². The third kappa shape index (κ3) is 5.72. The van der Waals surface area contributed by atoms with Gasteiger partial charge in [0, 0.05) is 46.6 Å². The SMILES string of the molecule is NC(=O)c1c(NC(=O)CCSc2ccc(Cl)cc2)sc2c1CCN(Cc1ccccc1)C2. The molecule has 1 aliphatic heterocycles. The van der Waals surface area contributed by atoms with E-state index in [1.165, 1.54) is 16.9 Å². The predicted octanol–water partition coefficient (Wildman–Crippen LogP) is 5.18. The van der Waals surface area contributed by atoms with Gasteiger partial charge in [-0.3, -0.25) is 14.5 Å². The van der Waals surface area contributed by atoms with Gasteiger partial charge in [-0.15, -0.1) is 23.1 Å². The number of nitrogens with two attached hydrogens (primary N) is 1. The van der Waals surface area contributed by atoms with Gasteiger partial charge >= 0.3 is 0 Å². The summed E-state index contributed by atoms with van der Waals surface area (Å²) in [5.74, 6) is 0.0357. The first kappa shape index (κ1) is 22.9. The second-order valence-electron chi connectivity index (χ2n) is 7.62. The number of hydrogen-bond donors (Lipinski definition) is 2. The van der Waals surface area contributed by atoms with Gasteiger partial charge in [0.05, 0.1) is 5.56 Å². The van der Waals surface area contributed by atoms with E-state index < -0.39 is 5.91 Å². The van der Waals surface area contributed by atoms with Crippen LogP contribution < -0.4 is 11.1 Å². The fourth-order valence-electron chi connectivity index (χ4n) is 3.76. The Labute approximate surface area is 200 Å². The first-order chi connectivity index (χ1) is 15.5. The van der Waals surface area contributed by atoms with Crippen molar-refractivity contribution in [3.63, 3.8) is 0 Å². The number of fused-ring (bicyclic) bond motifs is 1. The van der Waals surface area contributed by atoms with Crippen molar-refractivity contribution in [3.05, 3.63) is 81.2 Å². The second-order valence-corrected chi connectivity index (χ2v) is 10.3. The van der Waals surface area contributed by atoms with Gasteiger partial charge in [-0.2, -0.15) is 0 Å². The number of nitrogens with zero attached hydrogens (tertiary/aromatic N) is 1. The minimum Gasteiger partial charge on any atom is -0.365 e. The van der Waals surface area contributed by atoms with E-state index in [2.05, 4.69) is 22.3 Å². The molecule has 0 radical (unpaired) electrons. The van der Waals surface area contributed by atoms with Gasteiger partial charge in [0.15, 0.2) is 0 Å². The summed E-state index contributed by atoms with van der Waals surface area (Å²) in [4.78, 5) is 29.3. The quantitative estimate of drug-likeness (QED) is 0.431. The number of thioether (sulfide) groups is 1. The highest BCUT2D eigenvalue weighted by atomic mass is 35.5. The van der Waals surface area contributed by atoms with Crippen LogP contribution >= 0.6 is 34.7 Å². The summed E-state index contributed by atoms with van der Waals surface area (Å²) in [6.45, 7) is 2.45. The Morgan fingerprint density at radius 1 is 1.12 bits per heavy atom. The zero-order valence-corrected chi connectivity index (χ0v) is 19.9. The van der Waals surface area contributed by atoms with E-state index in [1.54, 1.807) is 11.8 Å². The van der Waals surface area contributed by atoms with E-state index >= 15 is 0 Å². The number of carbonyl (C=O) groups is 2. The molecule has 2 aromatic carbocycles. The zero-order chi connectivity index (χ0) is 22.5. The normalized spacial score (nSPS) is 13.5. The number of anilines is 1. The molecule has 2 amide bonds. The van der Waals surface area contributed by atoms with Crippen molar-refractivity contribution in [2.45, 2.75) is 30.8 Å². The van der Waals surface area contributed by atoms with Gasteiger partial charge in [-0.25, -0.2) is 0 Å². The lowest BCUT2D eigenvalue weighted by Crippen LogP contribution is -2.30. The third-order valence-electron chi connectivity index (χ3n) is 5.30. The molecule has 32 heavy (non-hydrogen) atoms. The van der Waals surface area contributed by atoms with Crippen LogP contribution in [0.3, 0.4) is 0 Å². The van der Waals surface area contributed by atoms with Gasteiger partial charge in [-0.1, -0.05) is 41.9 Å². The first-order valence-corrected chi connectivity index (χ1v) is 12.6. The summed E-state index contributed by atoms with van der Waals surface area (Å²) in [7, 11) is 0. The Bertz CT molecular complexity index is 1100. The Morgan fingerprint density at radius 3 is 2.59 bits per heavy atom. The van der Waals surface area contributed by atoms with Crippen LogP contribution in [0.2, 0.25) is 5.02 Å². The average Bonchev–Trinajstić information content (AvgIpc) is 3.13. The van der Waals surface area contributed by atoms with Gasteiger partial charge in [0.2, 0.25) is 5.91 Å². The summed E-state index contributed by atoms with van der Waals surface area (Å²) in [6.07, 6.45) is 1.09. The highest BCUT2D eigenvalue weighted by Crippen LogP contribution is 2.37. The molecular formula is C24H24ClN3O2S2. The van der Waals surface area contributed by atoms with Crippen LogP contribution in [0.25, 0.3) is 0 Å². The van der Waals surface area contributed by atoms with Crippen molar-refractivity contribution in [2.75, 3.05) is 17.6 Å². The van der Waals surface area contributed by atoms with Crippen LogP contribution in [0.4, 0.5) is 5.00 Å². The number of halogens is 1. The van der Waals surface area contributed by atoms with E-state index in [4.69, 9.17) is 17.3 Å². The molecule has 3 aromatic rings. The summed E-state index contributed by atoms with van der Waals surface area (Å²) in [5, 5.41) is 4.20. The molecule has 2 heterocycles. The van der Waals surface area contributed by atoms with E-state index in [9.17, 15) is 9.59 Å². The fraction of sp³-hybridized carbons (Fsp3) is 0.250. The van der Waals surface area contributed by atoms with Crippen molar-refractivity contribution in [1.82, 2.24) is 4.90 Å². The van der Waals surface area contributed by atoms with Crippen LogP contribution in [0, 0.1) is 0 Å². The molecule has 4 rings (SSSR count). The molecule has 0 saturated carbocycles. The monoisotopic (exact) mass is 485 g/mol. The third-order valence-corrected chi connectivity index (χ3v) is 7.69. The second kappa shape index (κ2) is 10.5. The van der Waals surface area contributed by atoms with Crippen LogP contribution in [-0.2, 0) is 24.3 Å². The highest BCUT2D eigenvalue weighted by molar-refractivity contribution is 7.99. The maximum atomic E-state index is 12.5. The lowest BCUT2D eigenvalue weighted by atomic mass is 10.0. The molecule has 0 unspecified atom stereocenters. The lowest BCUT2D eigenvalue weighted by molar-refractivity contribution is -0.115. The number of carbonyl (C=O) groups excluding carboxylic acids is 2. The molecule has 166 valence electrons. The van der Waals surface area contributed by atoms with Crippen molar-refractivity contribution < 1.29 is 9.59 Å². The number of nitrogens with one attached hydrogen (secondary N) is 1. The zero-order valence-electron chi connectivity index (χ0n) is 17.5. The topological polar surface area (TPSA) is 75.4 Å². The lowest BCUT2D eigenvalue weighted by Gasteiger charge is -2.27. The van der Waals surface area contributed by atoms with Crippen molar-refractivity contribution >= 4 is 51.5 Å². The molecule has 3 N–H and O–H groups in total. The summed E-state index contributed by atoms with van der Waals surface area (Å²) >= 11 is 8.97. The van der Waals surface area contributed by atoms with Crippen LogP contribution in [-0.4, -0.2) is 29.0 Å².